The largest absolute Gasteiger partial charge is 0.497 e. The lowest BCUT2D eigenvalue weighted by molar-refractivity contribution is -0.142. The van der Waals surface area contributed by atoms with Gasteiger partial charge in [-0.1, -0.05) is 6.07 Å². The summed E-state index contributed by atoms with van der Waals surface area (Å²) in [7, 11) is -0.671. The molecular formula is C23H26N2O8S. The zero-order valence-corrected chi connectivity index (χ0v) is 19.7. The number of rotatable bonds is 9. The van der Waals surface area contributed by atoms with Gasteiger partial charge in [-0.15, -0.1) is 0 Å². The van der Waals surface area contributed by atoms with Gasteiger partial charge in [0.15, 0.2) is 6.61 Å². The van der Waals surface area contributed by atoms with E-state index in [2.05, 4.69) is 5.32 Å². The first-order valence-corrected chi connectivity index (χ1v) is 11.8. The molecule has 1 amide bonds. The van der Waals surface area contributed by atoms with Crippen LogP contribution >= 0.6 is 0 Å². The van der Waals surface area contributed by atoms with E-state index in [0.717, 1.165) is 0 Å². The number of ether oxygens (including phenoxy) is 4. The Kier molecular flexibility index (Phi) is 8.63. The third-order valence-corrected chi connectivity index (χ3v) is 6.81. The third kappa shape index (κ3) is 6.56. The summed E-state index contributed by atoms with van der Waals surface area (Å²) in [6, 6.07) is 11.0. The normalized spacial score (nSPS) is 14.5. The molecule has 1 N–H and O–H groups in total. The van der Waals surface area contributed by atoms with Crippen LogP contribution in [0.3, 0.4) is 0 Å². The van der Waals surface area contributed by atoms with Crippen molar-refractivity contribution in [2.45, 2.75) is 4.90 Å². The van der Waals surface area contributed by atoms with Crippen LogP contribution in [0.25, 0.3) is 6.08 Å². The van der Waals surface area contributed by atoms with Crippen LogP contribution in [0.2, 0.25) is 0 Å². The molecule has 0 aliphatic carbocycles. The molecule has 2 aromatic rings. The van der Waals surface area contributed by atoms with Gasteiger partial charge in [-0.2, -0.15) is 4.31 Å². The number of sulfonamides is 1. The number of carbonyl (C=O) groups is 2. The predicted molar refractivity (Wildman–Crippen MR) is 124 cm³/mol. The van der Waals surface area contributed by atoms with E-state index in [1.807, 2.05) is 0 Å². The van der Waals surface area contributed by atoms with Crippen molar-refractivity contribution in [2.75, 3.05) is 52.4 Å². The Morgan fingerprint density at radius 3 is 2.56 bits per heavy atom. The molecule has 0 unspecified atom stereocenters. The Morgan fingerprint density at radius 1 is 1.09 bits per heavy atom. The molecular weight excluding hydrogens is 464 g/mol. The highest BCUT2D eigenvalue weighted by molar-refractivity contribution is 7.89. The second kappa shape index (κ2) is 11.6. The molecule has 1 heterocycles. The molecule has 182 valence electrons. The molecule has 34 heavy (non-hydrogen) atoms. The van der Waals surface area contributed by atoms with Crippen molar-refractivity contribution in [3.63, 3.8) is 0 Å². The minimum atomic E-state index is -3.70. The first kappa shape index (κ1) is 25.2. The number of nitrogens with one attached hydrogen (secondary N) is 1. The summed E-state index contributed by atoms with van der Waals surface area (Å²) >= 11 is 0. The highest BCUT2D eigenvalue weighted by Crippen LogP contribution is 2.25. The zero-order valence-electron chi connectivity index (χ0n) is 18.9. The summed E-state index contributed by atoms with van der Waals surface area (Å²) < 4.78 is 47.4. The van der Waals surface area contributed by atoms with Crippen molar-refractivity contribution in [3.8, 4) is 11.5 Å². The SMILES string of the molecule is COc1ccc(/C=C/C(=O)OCC(=O)Nc2cccc(S(=O)(=O)N3CCOCC3)c2)c(OC)c1. The summed E-state index contributed by atoms with van der Waals surface area (Å²) in [4.78, 5) is 24.3. The number of benzene rings is 2. The minimum Gasteiger partial charge on any atom is -0.497 e. The van der Waals surface area contributed by atoms with Crippen LogP contribution in [0.4, 0.5) is 5.69 Å². The highest BCUT2D eigenvalue weighted by Gasteiger charge is 2.26. The Morgan fingerprint density at radius 2 is 1.85 bits per heavy atom. The molecule has 11 heteroatoms. The number of hydrogen-bond acceptors (Lipinski definition) is 8. The number of methoxy groups -OCH3 is 2. The van der Waals surface area contributed by atoms with Gasteiger partial charge in [0, 0.05) is 36.5 Å². The fourth-order valence-electron chi connectivity index (χ4n) is 3.17. The Bertz CT molecular complexity index is 1160. The van der Waals surface area contributed by atoms with Gasteiger partial charge in [-0.25, -0.2) is 13.2 Å². The number of morpholine rings is 1. The van der Waals surface area contributed by atoms with Crippen LogP contribution in [0, 0.1) is 0 Å². The molecule has 10 nitrogen and oxygen atoms in total. The van der Waals surface area contributed by atoms with Crippen molar-refractivity contribution in [2.24, 2.45) is 0 Å². The number of anilines is 1. The smallest absolute Gasteiger partial charge is 0.331 e. The van der Waals surface area contributed by atoms with E-state index in [9.17, 15) is 18.0 Å². The standard InChI is InChI=1S/C23H26N2O8S/c1-30-19-8-6-17(21(15-19)31-2)7-9-23(27)33-16-22(26)24-18-4-3-5-20(14-18)34(28,29)25-10-12-32-13-11-25/h3-9,14-15H,10-13,16H2,1-2H3,(H,24,26)/b9-7+. The molecule has 1 aliphatic heterocycles. The topological polar surface area (TPSA) is 120 Å². The van der Waals surface area contributed by atoms with Crippen molar-refractivity contribution < 1.29 is 37.0 Å². The Labute approximate surface area is 198 Å². The molecule has 0 radical (unpaired) electrons. The fourth-order valence-corrected chi connectivity index (χ4v) is 4.62. The van der Waals surface area contributed by atoms with E-state index >= 15 is 0 Å². The van der Waals surface area contributed by atoms with E-state index in [4.69, 9.17) is 18.9 Å². The average Bonchev–Trinajstić information content (AvgIpc) is 2.86. The monoisotopic (exact) mass is 490 g/mol. The number of esters is 1. The predicted octanol–water partition coefficient (Wildman–Crippen LogP) is 1.92. The van der Waals surface area contributed by atoms with Crippen LogP contribution < -0.4 is 14.8 Å². The molecule has 1 aliphatic rings. The van der Waals surface area contributed by atoms with Gasteiger partial charge < -0.3 is 24.3 Å². The molecule has 0 saturated carbocycles. The summed E-state index contributed by atoms with van der Waals surface area (Å²) in [5, 5.41) is 2.54. The lowest BCUT2D eigenvalue weighted by Gasteiger charge is -2.26. The van der Waals surface area contributed by atoms with E-state index in [0.29, 0.717) is 30.3 Å². The van der Waals surface area contributed by atoms with E-state index in [1.165, 1.54) is 48.9 Å². The fraction of sp³-hybridized carbons (Fsp3) is 0.304. The number of hydrogen-bond donors (Lipinski definition) is 1. The van der Waals surface area contributed by atoms with Gasteiger partial charge >= 0.3 is 5.97 Å². The molecule has 0 spiro atoms. The van der Waals surface area contributed by atoms with E-state index in [1.54, 1.807) is 24.3 Å². The first-order valence-electron chi connectivity index (χ1n) is 10.4. The Hall–Kier alpha value is -3.41. The molecule has 1 saturated heterocycles. The van der Waals surface area contributed by atoms with E-state index in [-0.39, 0.29) is 23.7 Å². The maximum atomic E-state index is 12.8. The zero-order chi connectivity index (χ0) is 24.6. The lowest BCUT2D eigenvalue weighted by Crippen LogP contribution is -2.40. The highest BCUT2D eigenvalue weighted by atomic mass is 32.2. The van der Waals surface area contributed by atoms with Crippen LogP contribution in [-0.4, -0.2) is 71.7 Å². The maximum Gasteiger partial charge on any atom is 0.331 e. The average molecular weight is 491 g/mol. The first-order chi connectivity index (χ1) is 16.3. The molecule has 0 aromatic heterocycles. The van der Waals surface area contributed by atoms with Crippen LogP contribution in [0.15, 0.2) is 53.4 Å². The van der Waals surface area contributed by atoms with Gasteiger partial charge in [-0.3, -0.25) is 4.79 Å². The van der Waals surface area contributed by atoms with Gasteiger partial charge in [0.2, 0.25) is 10.0 Å². The second-order valence-electron chi connectivity index (χ2n) is 7.14. The molecule has 0 bridgehead atoms. The van der Waals surface area contributed by atoms with Crippen LogP contribution in [0.5, 0.6) is 11.5 Å². The summed E-state index contributed by atoms with van der Waals surface area (Å²) in [5.74, 6) is -0.218. The third-order valence-electron chi connectivity index (χ3n) is 4.91. The lowest BCUT2D eigenvalue weighted by atomic mass is 10.2. The Balaban J connectivity index is 1.55. The van der Waals surface area contributed by atoms with E-state index < -0.39 is 28.5 Å². The van der Waals surface area contributed by atoms with Gasteiger partial charge in [0.1, 0.15) is 11.5 Å². The molecule has 1 fully saturated rings. The van der Waals surface area contributed by atoms with Crippen LogP contribution in [-0.2, 0) is 29.1 Å². The quantitative estimate of drug-likeness (QED) is 0.418. The summed E-state index contributed by atoms with van der Waals surface area (Å²) in [6.45, 7) is 0.667. The van der Waals surface area contributed by atoms with Crippen LogP contribution in [0.1, 0.15) is 5.56 Å². The summed E-state index contributed by atoms with van der Waals surface area (Å²) in [6.07, 6.45) is 2.67. The van der Waals surface area contributed by atoms with Crippen molar-refractivity contribution in [1.29, 1.82) is 0 Å². The van der Waals surface area contributed by atoms with Gasteiger partial charge in [-0.05, 0) is 36.4 Å². The van der Waals surface area contributed by atoms with Crippen molar-refractivity contribution in [1.82, 2.24) is 4.31 Å². The second-order valence-corrected chi connectivity index (χ2v) is 9.08. The number of nitrogens with zero attached hydrogens (tertiary/aromatic N) is 1. The number of amides is 1. The van der Waals surface area contributed by atoms with Crippen molar-refractivity contribution in [3.05, 3.63) is 54.1 Å². The maximum absolute atomic E-state index is 12.8. The molecule has 0 atom stereocenters. The summed E-state index contributed by atoms with van der Waals surface area (Å²) in [5.41, 5.74) is 0.900. The molecule has 2 aromatic carbocycles. The number of carbonyl (C=O) groups excluding carboxylic acids is 2. The van der Waals surface area contributed by atoms with Gasteiger partial charge in [0.25, 0.3) is 5.91 Å². The van der Waals surface area contributed by atoms with Crippen molar-refractivity contribution >= 4 is 33.7 Å². The minimum absolute atomic E-state index is 0.0561. The van der Waals surface area contributed by atoms with Gasteiger partial charge in [0.05, 0.1) is 32.3 Å². The molecule has 3 rings (SSSR count).